The van der Waals surface area contributed by atoms with E-state index in [9.17, 15) is 0 Å². The highest BCUT2D eigenvalue weighted by molar-refractivity contribution is 4.47. The van der Waals surface area contributed by atoms with Gasteiger partial charge in [-0.25, -0.2) is 0 Å². The lowest BCUT2D eigenvalue weighted by Gasteiger charge is -2.02. The first-order chi connectivity index (χ1) is 6.91. The monoisotopic (exact) mass is 200 g/mol. The van der Waals surface area contributed by atoms with Crippen molar-refractivity contribution in [3.05, 3.63) is 6.92 Å². The third-order valence-corrected chi connectivity index (χ3v) is 2.36. The Morgan fingerprint density at radius 3 is 2.07 bits per heavy atom. The molecule has 0 aliphatic rings. The van der Waals surface area contributed by atoms with Crippen LogP contribution in [0.5, 0.6) is 0 Å². The number of unbranched alkanes of at least 4 members (excludes halogenated alkanes) is 6. The Morgan fingerprint density at radius 1 is 0.929 bits per heavy atom. The van der Waals surface area contributed by atoms with Crippen molar-refractivity contribution in [2.45, 2.75) is 44.9 Å². The first kappa shape index (κ1) is 13.9. The number of ether oxygens (including phenoxy) is 1. The average Bonchev–Trinajstić information content (AvgIpc) is 2.21. The van der Waals surface area contributed by atoms with Crippen molar-refractivity contribution in [2.75, 3.05) is 26.8 Å². The van der Waals surface area contributed by atoms with E-state index in [2.05, 4.69) is 12.2 Å². The lowest BCUT2D eigenvalue weighted by molar-refractivity contribution is 0.156. The van der Waals surface area contributed by atoms with E-state index in [-0.39, 0.29) is 0 Å². The van der Waals surface area contributed by atoms with Crippen LogP contribution in [0.15, 0.2) is 0 Å². The van der Waals surface area contributed by atoms with Crippen LogP contribution in [-0.4, -0.2) is 26.8 Å². The van der Waals surface area contributed by atoms with E-state index in [4.69, 9.17) is 4.74 Å². The summed E-state index contributed by atoms with van der Waals surface area (Å²) in [7, 11) is 2.02. The Hall–Kier alpha value is -0.0800. The van der Waals surface area contributed by atoms with Gasteiger partial charge in [0.25, 0.3) is 0 Å². The number of hydrogen-bond donors (Lipinski definition) is 1. The molecule has 0 heterocycles. The van der Waals surface area contributed by atoms with Gasteiger partial charge in [-0.2, -0.15) is 0 Å². The van der Waals surface area contributed by atoms with E-state index in [0.29, 0.717) is 6.61 Å². The molecule has 0 saturated carbocycles. The zero-order valence-electron chi connectivity index (χ0n) is 9.69. The maximum atomic E-state index is 5.17. The van der Waals surface area contributed by atoms with Crippen LogP contribution < -0.4 is 5.32 Å². The third-order valence-electron chi connectivity index (χ3n) is 2.36. The standard InChI is InChI=1S/C12H26NO/c1-3-14-12-10-8-6-4-5-7-9-11-13-2/h13H,1,3-12H2,2H3. The summed E-state index contributed by atoms with van der Waals surface area (Å²) in [5, 5.41) is 3.17. The van der Waals surface area contributed by atoms with Gasteiger partial charge in [-0.1, -0.05) is 32.1 Å². The molecule has 0 aromatic heterocycles. The van der Waals surface area contributed by atoms with Crippen LogP contribution in [0.4, 0.5) is 0 Å². The molecule has 0 amide bonds. The van der Waals surface area contributed by atoms with E-state index in [1.807, 2.05) is 7.05 Å². The van der Waals surface area contributed by atoms with Crippen molar-refractivity contribution in [3.63, 3.8) is 0 Å². The first-order valence-electron chi connectivity index (χ1n) is 5.93. The van der Waals surface area contributed by atoms with E-state index in [0.717, 1.165) is 13.2 Å². The van der Waals surface area contributed by atoms with Crippen LogP contribution in [0.25, 0.3) is 0 Å². The minimum Gasteiger partial charge on any atom is -0.381 e. The van der Waals surface area contributed by atoms with Crippen molar-refractivity contribution < 1.29 is 4.74 Å². The Balaban J connectivity index is 2.78. The quantitative estimate of drug-likeness (QED) is 0.518. The Bertz CT molecular complexity index is 84.3. The molecule has 2 heteroatoms. The molecule has 0 unspecified atom stereocenters. The average molecular weight is 200 g/mol. The molecule has 85 valence electrons. The normalized spacial score (nSPS) is 10.7. The Labute approximate surface area is 89.4 Å². The van der Waals surface area contributed by atoms with Gasteiger partial charge in [0, 0.05) is 13.2 Å². The number of nitrogens with one attached hydrogen (secondary N) is 1. The SMILES string of the molecule is [CH2]COCCCCCCCCCNC. The summed E-state index contributed by atoms with van der Waals surface area (Å²) < 4.78 is 5.17. The van der Waals surface area contributed by atoms with E-state index in [1.54, 1.807) is 0 Å². The molecule has 0 atom stereocenters. The van der Waals surface area contributed by atoms with Gasteiger partial charge in [0.1, 0.15) is 0 Å². The zero-order valence-corrected chi connectivity index (χ0v) is 9.69. The fraction of sp³-hybridized carbons (Fsp3) is 0.917. The summed E-state index contributed by atoms with van der Waals surface area (Å²) in [5.74, 6) is 0. The molecule has 0 fully saturated rings. The summed E-state index contributed by atoms with van der Waals surface area (Å²) in [6.45, 7) is 6.30. The first-order valence-corrected chi connectivity index (χ1v) is 5.93. The molecule has 0 aromatic carbocycles. The molecular weight excluding hydrogens is 174 g/mol. The number of hydrogen-bond acceptors (Lipinski definition) is 2. The summed E-state index contributed by atoms with van der Waals surface area (Å²) >= 11 is 0. The Kier molecular flexibility index (Phi) is 12.8. The fourth-order valence-electron chi connectivity index (χ4n) is 1.49. The largest absolute Gasteiger partial charge is 0.381 e. The van der Waals surface area contributed by atoms with Crippen molar-refractivity contribution in [1.29, 1.82) is 0 Å². The van der Waals surface area contributed by atoms with E-state index in [1.165, 1.54) is 44.9 Å². The van der Waals surface area contributed by atoms with Crippen LogP contribution in [-0.2, 0) is 4.74 Å². The molecule has 1 radical (unpaired) electrons. The van der Waals surface area contributed by atoms with Gasteiger partial charge in [-0.05, 0) is 33.4 Å². The van der Waals surface area contributed by atoms with E-state index < -0.39 is 0 Å². The lowest BCUT2D eigenvalue weighted by atomic mass is 10.1. The topological polar surface area (TPSA) is 21.3 Å². The molecule has 0 saturated heterocycles. The maximum Gasteiger partial charge on any atom is 0.0466 e. The van der Waals surface area contributed by atoms with Crippen molar-refractivity contribution >= 4 is 0 Å². The van der Waals surface area contributed by atoms with Crippen LogP contribution >= 0.6 is 0 Å². The summed E-state index contributed by atoms with van der Waals surface area (Å²) in [4.78, 5) is 0. The lowest BCUT2D eigenvalue weighted by Crippen LogP contribution is -2.06. The van der Waals surface area contributed by atoms with Crippen LogP contribution in [0.1, 0.15) is 44.9 Å². The molecule has 1 N–H and O–H groups in total. The minimum absolute atomic E-state index is 0.615. The van der Waals surface area contributed by atoms with Gasteiger partial charge in [0.15, 0.2) is 0 Å². The van der Waals surface area contributed by atoms with Crippen LogP contribution in [0.3, 0.4) is 0 Å². The molecule has 0 aliphatic heterocycles. The predicted octanol–water partition coefficient (Wildman–Crippen LogP) is 2.79. The van der Waals surface area contributed by atoms with Gasteiger partial charge in [-0.15, -0.1) is 0 Å². The maximum absolute atomic E-state index is 5.17. The fourth-order valence-corrected chi connectivity index (χ4v) is 1.49. The second-order valence-corrected chi connectivity index (χ2v) is 3.69. The summed E-state index contributed by atoms with van der Waals surface area (Å²) in [6, 6.07) is 0. The van der Waals surface area contributed by atoms with Gasteiger partial charge >= 0.3 is 0 Å². The number of rotatable bonds is 11. The molecule has 0 rings (SSSR count). The van der Waals surface area contributed by atoms with Gasteiger partial charge in [0.05, 0.1) is 0 Å². The predicted molar refractivity (Wildman–Crippen MR) is 62.4 cm³/mol. The second-order valence-electron chi connectivity index (χ2n) is 3.69. The molecule has 0 aromatic rings. The van der Waals surface area contributed by atoms with Crippen LogP contribution in [0.2, 0.25) is 0 Å². The molecule has 0 aliphatic carbocycles. The van der Waals surface area contributed by atoms with Crippen molar-refractivity contribution in [3.8, 4) is 0 Å². The smallest absolute Gasteiger partial charge is 0.0466 e. The molecule has 2 nitrogen and oxygen atoms in total. The van der Waals surface area contributed by atoms with Crippen molar-refractivity contribution in [1.82, 2.24) is 5.32 Å². The minimum atomic E-state index is 0.615. The third kappa shape index (κ3) is 11.9. The zero-order chi connectivity index (χ0) is 10.5. The molecular formula is C12H26NO. The highest BCUT2D eigenvalue weighted by Crippen LogP contribution is 2.06. The highest BCUT2D eigenvalue weighted by Gasteiger charge is 1.91. The molecule has 0 spiro atoms. The van der Waals surface area contributed by atoms with Gasteiger partial charge in [-0.3, -0.25) is 0 Å². The van der Waals surface area contributed by atoms with Crippen LogP contribution in [0, 0.1) is 6.92 Å². The van der Waals surface area contributed by atoms with Crippen molar-refractivity contribution in [2.24, 2.45) is 0 Å². The second kappa shape index (κ2) is 12.9. The van der Waals surface area contributed by atoms with E-state index >= 15 is 0 Å². The highest BCUT2D eigenvalue weighted by atomic mass is 16.5. The molecule has 14 heavy (non-hydrogen) atoms. The summed E-state index contributed by atoms with van der Waals surface area (Å²) in [6.07, 6.45) is 9.33. The Morgan fingerprint density at radius 2 is 1.50 bits per heavy atom. The van der Waals surface area contributed by atoms with Gasteiger partial charge in [0.2, 0.25) is 0 Å². The summed E-state index contributed by atoms with van der Waals surface area (Å²) in [5.41, 5.74) is 0. The molecule has 0 bridgehead atoms. The van der Waals surface area contributed by atoms with Gasteiger partial charge < -0.3 is 10.1 Å².